The van der Waals surface area contributed by atoms with E-state index in [2.05, 4.69) is 0 Å². The summed E-state index contributed by atoms with van der Waals surface area (Å²) in [5.74, 6) is -3.95. The van der Waals surface area contributed by atoms with Crippen LogP contribution >= 0.6 is 0 Å². The summed E-state index contributed by atoms with van der Waals surface area (Å²) >= 11 is 0. The zero-order valence-corrected chi connectivity index (χ0v) is 20.2. The van der Waals surface area contributed by atoms with Crippen LogP contribution in [0.25, 0.3) is 6.08 Å². The molecule has 1 aliphatic carbocycles. The van der Waals surface area contributed by atoms with E-state index in [1.807, 2.05) is 0 Å². The zero-order valence-electron chi connectivity index (χ0n) is 20.2. The number of carboxylic acids is 1. The van der Waals surface area contributed by atoms with Crippen molar-refractivity contribution in [3.63, 3.8) is 0 Å². The number of carbonyl (C=O) groups is 2. The minimum Gasteiger partial charge on any atom is -0.508 e. The zero-order chi connectivity index (χ0) is 27.8. The van der Waals surface area contributed by atoms with Crippen LogP contribution in [0.2, 0.25) is 0 Å². The predicted octanol–water partition coefficient (Wildman–Crippen LogP) is -1.15. The Kier molecular flexibility index (Phi) is 8.09. The minimum absolute atomic E-state index is 0.0610. The highest BCUT2D eigenvalue weighted by Gasteiger charge is 2.59. The molecular formula is C25H30O13. The lowest BCUT2D eigenvalue weighted by molar-refractivity contribution is -0.347. The van der Waals surface area contributed by atoms with Crippen molar-refractivity contribution in [3.8, 4) is 5.75 Å². The van der Waals surface area contributed by atoms with Gasteiger partial charge in [0.25, 0.3) is 0 Å². The molecule has 0 bridgehead atoms. The summed E-state index contributed by atoms with van der Waals surface area (Å²) < 4.78 is 21.7. The van der Waals surface area contributed by atoms with Gasteiger partial charge in [-0.1, -0.05) is 12.1 Å². The fourth-order valence-corrected chi connectivity index (χ4v) is 4.94. The number of carboxylic acid groups (broad SMARTS) is 1. The van der Waals surface area contributed by atoms with E-state index in [9.17, 15) is 45.3 Å². The Morgan fingerprint density at radius 3 is 2.42 bits per heavy atom. The van der Waals surface area contributed by atoms with E-state index in [1.54, 1.807) is 12.1 Å². The van der Waals surface area contributed by atoms with Crippen LogP contribution in [-0.4, -0.2) is 103 Å². The van der Waals surface area contributed by atoms with Gasteiger partial charge in [-0.2, -0.15) is 0 Å². The van der Waals surface area contributed by atoms with Crippen LogP contribution in [0.5, 0.6) is 5.75 Å². The van der Waals surface area contributed by atoms with Gasteiger partial charge >= 0.3 is 11.9 Å². The van der Waals surface area contributed by atoms with Crippen molar-refractivity contribution in [2.75, 3.05) is 6.61 Å². The number of rotatable bonds is 7. The minimum atomic E-state index is -1.82. The molecule has 13 heteroatoms. The van der Waals surface area contributed by atoms with E-state index in [-0.39, 0.29) is 17.7 Å². The molecule has 3 aliphatic rings. The van der Waals surface area contributed by atoms with Gasteiger partial charge in [-0.05, 0) is 37.1 Å². The summed E-state index contributed by atoms with van der Waals surface area (Å²) in [6.07, 6.45) is -7.47. The molecule has 7 N–H and O–H groups in total. The molecule has 1 saturated heterocycles. The molecule has 1 saturated carbocycles. The molecule has 2 fully saturated rings. The van der Waals surface area contributed by atoms with Crippen LogP contribution in [0.1, 0.15) is 18.9 Å². The van der Waals surface area contributed by atoms with Crippen LogP contribution in [0, 0.1) is 11.8 Å². The summed E-state index contributed by atoms with van der Waals surface area (Å²) in [5, 5.41) is 71.1. The molecule has 1 aromatic rings. The number of phenols is 1. The Balaban J connectivity index is 1.43. The van der Waals surface area contributed by atoms with E-state index in [1.165, 1.54) is 25.1 Å². The topological polar surface area (TPSA) is 213 Å². The van der Waals surface area contributed by atoms with Gasteiger partial charge in [-0.3, -0.25) is 0 Å². The van der Waals surface area contributed by atoms with E-state index in [4.69, 9.17) is 18.9 Å². The predicted molar refractivity (Wildman–Crippen MR) is 125 cm³/mol. The van der Waals surface area contributed by atoms with Gasteiger partial charge in [0.1, 0.15) is 36.8 Å². The third-order valence-electron chi connectivity index (χ3n) is 7.16. The molecule has 1 aromatic carbocycles. The van der Waals surface area contributed by atoms with Crippen molar-refractivity contribution in [2.45, 2.75) is 62.0 Å². The van der Waals surface area contributed by atoms with Crippen molar-refractivity contribution in [2.24, 2.45) is 11.8 Å². The van der Waals surface area contributed by atoms with Gasteiger partial charge in [-0.15, -0.1) is 0 Å². The third-order valence-corrected chi connectivity index (χ3v) is 7.16. The maximum atomic E-state index is 12.1. The SMILES string of the molecule is C[C@@]1(O)C2C(C[C@@H]1O)C(C(=O)O)=CO[C@H]2O[C@@H]1O[C@H](COC(=O)/C=C/c2ccc(O)cc2)[C@@H](O)[C@H](O)[C@H]1O. The van der Waals surface area contributed by atoms with Crippen LogP contribution in [-0.2, 0) is 28.5 Å². The van der Waals surface area contributed by atoms with Gasteiger partial charge in [0.15, 0.2) is 6.29 Å². The lowest BCUT2D eigenvalue weighted by atomic mass is 9.81. The average molecular weight is 539 g/mol. The van der Waals surface area contributed by atoms with Crippen LogP contribution in [0.15, 0.2) is 42.2 Å². The van der Waals surface area contributed by atoms with Crippen molar-refractivity contribution < 1.29 is 64.3 Å². The smallest absolute Gasteiger partial charge is 0.334 e. The first-order valence-corrected chi connectivity index (χ1v) is 11.9. The number of esters is 1. The first-order chi connectivity index (χ1) is 17.9. The Morgan fingerprint density at radius 2 is 1.76 bits per heavy atom. The third kappa shape index (κ3) is 5.54. The molecule has 0 radical (unpaired) electrons. The van der Waals surface area contributed by atoms with E-state index < -0.39 is 79.1 Å². The second-order valence-electron chi connectivity index (χ2n) is 9.70. The average Bonchev–Trinajstić information content (AvgIpc) is 3.11. The highest BCUT2D eigenvalue weighted by molar-refractivity contribution is 5.87. The number of hydrogen-bond acceptors (Lipinski definition) is 12. The monoisotopic (exact) mass is 538 g/mol. The molecule has 2 heterocycles. The van der Waals surface area contributed by atoms with Crippen LogP contribution in [0.4, 0.5) is 0 Å². The molecular weight excluding hydrogens is 508 g/mol. The van der Waals surface area contributed by atoms with Gasteiger partial charge in [0.2, 0.25) is 6.29 Å². The largest absolute Gasteiger partial charge is 0.508 e. The molecule has 10 atom stereocenters. The quantitative estimate of drug-likeness (QED) is 0.161. The number of benzene rings is 1. The Morgan fingerprint density at radius 1 is 1.08 bits per heavy atom. The number of hydrogen-bond donors (Lipinski definition) is 7. The van der Waals surface area contributed by atoms with E-state index in [0.717, 1.165) is 12.3 Å². The Labute approximate surface area is 216 Å². The summed E-state index contributed by atoms with van der Waals surface area (Å²) in [6.45, 7) is 0.776. The second kappa shape index (κ2) is 11.0. The van der Waals surface area contributed by atoms with Gasteiger partial charge in [0.05, 0.1) is 29.5 Å². The molecule has 13 nitrogen and oxygen atoms in total. The molecule has 0 spiro atoms. The fourth-order valence-electron chi connectivity index (χ4n) is 4.94. The van der Waals surface area contributed by atoms with Crippen molar-refractivity contribution in [1.29, 1.82) is 0 Å². The highest BCUT2D eigenvalue weighted by atomic mass is 16.8. The maximum absolute atomic E-state index is 12.1. The van der Waals surface area contributed by atoms with Crippen LogP contribution in [0.3, 0.4) is 0 Å². The molecule has 2 unspecified atom stereocenters. The molecule has 0 aromatic heterocycles. The summed E-state index contributed by atoms with van der Waals surface area (Å²) in [7, 11) is 0. The molecule has 2 aliphatic heterocycles. The van der Waals surface area contributed by atoms with E-state index in [0.29, 0.717) is 5.56 Å². The molecule has 4 rings (SSSR count). The Hall–Kier alpha value is -3.04. The van der Waals surface area contributed by atoms with Gasteiger partial charge in [-0.25, -0.2) is 9.59 Å². The number of carbonyl (C=O) groups excluding carboxylic acids is 1. The summed E-state index contributed by atoms with van der Waals surface area (Å²) in [6, 6.07) is 6.01. The number of ether oxygens (including phenoxy) is 4. The maximum Gasteiger partial charge on any atom is 0.334 e. The first-order valence-electron chi connectivity index (χ1n) is 11.9. The number of aliphatic carboxylic acids is 1. The molecule has 0 amide bonds. The van der Waals surface area contributed by atoms with Gasteiger partial charge < -0.3 is 54.7 Å². The van der Waals surface area contributed by atoms with Crippen molar-refractivity contribution in [3.05, 3.63) is 47.7 Å². The number of fused-ring (bicyclic) bond motifs is 1. The molecule has 208 valence electrons. The van der Waals surface area contributed by atoms with E-state index >= 15 is 0 Å². The standard InChI is InChI=1S/C25H30O13/c1-25(34)16(27)8-13-14(22(32)33)9-36-23(18(13)25)38-24-21(31)20(30)19(29)15(37-24)10-35-17(28)7-4-11-2-5-12(26)6-3-11/h2-7,9,13,15-16,18-21,23-24,26-27,29-31,34H,8,10H2,1H3,(H,32,33)/b7-4+/t13?,15-,16+,18?,19-,20+,21-,23+,24+,25+/m1/s1. The first kappa shape index (κ1) is 28.0. The lowest BCUT2D eigenvalue weighted by Gasteiger charge is -2.44. The Bertz CT molecular complexity index is 1080. The van der Waals surface area contributed by atoms with Gasteiger partial charge in [0, 0.05) is 12.0 Å². The van der Waals surface area contributed by atoms with Crippen molar-refractivity contribution >= 4 is 18.0 Å². The second-order valence-corrected chi connectivity index (χ2v) is 9.70. The lowest BCUT2D eigenvalue weighted by Crippen LogP contribution is -2.61. The number of aliphatic hydroxyl groups excluding tert-OH is 4. The highest BCUT2D eigenvalue weighted by Crippen LogP contribution is 2.49. The summed E-state index contributed by atoms with van der Waals surface area (Å²) in [5.41, 5.74) is -1.38. The number of aromatic hydroxyl groups is 1. The van der Waals surface area contributed by atoms with Crippen molar-refractivity contribution in [1.82, 2.24) is 0 Å². The summed E-state index contributed by atoms with van der Waals surface area (Å²) in [4.78, 5) is 23.7. The normalized spacial score (nSPS) is 38.8. The molecule has 38 heavy (non-hydrogen) atoms. The number of phenolic OH excluding ortho intramolecular Hbond substituents is 1. The van der Waals surface area contributed by atoms with Crippen LogP contribution < -0.4 is 0 Å². The fraction of sp³-hybridized carbons (Fsp3) is 0.520. The number of aliphatic hydroxyl groups is 5.